The second kappa shape index (κ2) is 5.91. The van der Waals surface area contributed by atoms with Gasteiger partial charge in [0.25, 0.3) is 0 Å². The first-order valence-corrected chi connectivity index (χ1v) is 8.53. The fraction of sp³-hybridized carbons (Fsp3) is 0.267. The zero-order valence-electron chi connectivity index (χ0n) is 11.5. The Morgan fingerprint density at radius 3 is 3.00 bits per heavy atom. The second-order valence-electron chi connectivity index (χ2n) is 5.03. The fourth-order valence-corrected chi connectivity index (χ4v) is 3.95. The predicted octanol–water partition coefficient (Wildman–Crippen LogP) is 4.20. The molecule has 0 radical (unpaired) electrons. The van der Waals surface area contributed by atoms with Crippen molar-refractivity contribution in [2.24, 2.45) is 0 Å². The fourth-order valence-electron chi connectivity index (χ4n) is 2.64. The van der Waals surface area contributed by atoms with E-state index in [2.05, 4.69) is 31.1 Å². The standard InChI is InChI=1S/C15H12BrN3O2S/c16-12-4-3-11(22-12)14-18-15(21-19-14)10-5-7-20-13(10)9-2-1-6-17-8-9/h1-4,6,8,10,13H,5,7H2/t10-,13+/m0/s1. The van der Waals surface area contributed by atoms with E-state index in [1.807, 2.05) is 30.5 Å². The lowest BCUT2D eigenvalue weighted by Crippen LogP contribution is -2.06. The van der Waals surface area contributed by atoms with Gasteiger partial charge >= 0.3 is 0 Å². The topological polar surface area (TPSA) is 61.0 Å². The van der Waals surface area contributed by atoms with Crippen LogP contribution in [0.15, 0.2) is 45.0 Å². The van der Waals surface area contributed by atoms with E-state index in [4.69, 9.17) is 9.26 Å². The first kappa shape index (κ1) is 14.0. The normalized spacial score (nSPS) is 21.3. The Kier molecular flexibility index (Phi) is 3.77. The Hall–Kier alpha value is -1.57. The van der Waals surface area contributed by atoms with Crippen LogP contribution in [-0.2, 0) is 4.74 Å². The van der Waals surface area contributed by atoms with E-state index in [0.717, 1.165) is 20.6 Å². The molecule has 22 heavy (non-hydrogen) atoms. The minimum Gasteiger partial charge on any atom is -0.373 e. The third-order valence-electron chi connectivity index (χ3n) is 3.66. The number of hydrogen-bond acceptors (Lipinski definition) is 6. The van der Waals surface area contributed by atoms with Gasteiger partial charge in [-0.3, -0.25) is 4.98 Å². The Bertz CT molecular complexity index is 774. The van der Waals surface area contributed by atoms with Crippen molar-refractivity contribution in [3.63, 3.8) is 0 Å². The Balaban J connectivity index is 1.63. The molecule has 5 nitrogen and oxygen atoms in total. The van der Waals surface area contributed by atoms with Crippen molar-refractivity contribution in [2.45, 2.75) is 18.4 Å². The van der Waals surface area contributed by atoms with Crippen LogP contribution in [0, 0.1) is 0 Å². The molecule has 0 spiro atoms. The summed E-state index contributed by atoms with van der Waals surface area (Å²) >= 11 is 5.03. The molecule has 0 unspecified atom stereocenters. The molecule has 7 heteroatoms. The number of pyridine rings is 1. The minimum absolute atomic E-state index is 0.0722. The molecule has 4 heterocycles. The van der Waals surface area contributed by atoms with E-state index in [1.54, 1.807) is 17.5 Å². The number of hydrogen-bond donors (Lipinski definition) is 0. The number of ether oxygens (including phenoxy) is 1. The summed E-state index contributed by atoms with van der Waals surface area (Å²) in [5, 5.41) is 4.10. The van der Waals surface area contributed by atoms with Crippen LogP contribution >= 0.6 is 27.3 Å². The van der Waals surface area contributed by atoms with Crippen molar-refractivity contribution in [3.8, 4) is 10.7 Å². The maximum atomic E-state index is 5.85. The van der Waals surface area contributed by atoms with Crippen LogP contribution in [-0.4, -0.2) is 21.7 Å². The molecule has 1 aliphatic heterocycles. The summed E-state index contributed by atoms with van der Waals surface area (Å²) in [5.74, 6) is 1.34. The van der Waals surface area contributed by atoms with Crippen molar-refractivity contribution in [1.29, 1.82) is 0 Å². The summed E-state index contributed by atoms with van der Waals surface area (Å²) in [6.07, 6.45) is 4.39. The van der Waals surface area contributed by atoms with E-state index >= 15 is 0 Å². The maximum absolute atomic E-state index is 5.85. The Labute approximate surface area is 139 Å². The molecule has 4 rings (SSSR count). The summed E-state index contributed by atoms with van der Waals surface area (Å²) in [6, 6.07) is 7.89. The number of halogens is 1. The molecule has 3 aromatic rings. The molecule has 0 amide bonds. The maximum Gasteiger partial charge on any atom is 0.233 e. The molecule has 1 saturated heterocycles. The van der Waals surface area contributed by atoms with E-state index in [-0.39, 0.29) is 12.0 Å². The summed E-state index contributed by atoms with van der Waals surface area (Å²) in [5.41, 5.74) is 1.05. The number of nitrogens with zero attached hydrogens (tertiary/aromatic N) is 3. The Morgan fingerprint density at radius 2 is 2.23 bits per heavy atom. The predicted molar refractivity (Wildman–Crippen MR) is 85.6 cm³/mol. The third-order valence-corrected chi connectivity index (χ3v) is 5.28. The highest BCUT2D eigenvalue weighted by atomic mass is 79.9. The molecule has 112 valence electrons. The SMILES string of the molecule is Brc1ccc(-c2noc([C@H]3CCO[C@@H]3c3cccnc3)n2)s1. The molecule has 1 aliphatic rings. The third kappa shape index (κ3) is 2.60. The number of rotatable bonds is 3. The van der Waals surface area contributed by atoms with Gasteiger partial charge in [0.15, 0.2) is 0 Å². The van der Waals surface area contributed by atoms with Crippen molar-refractivity contribution >= 4 is 27.3 Å². The molecule has 0 aromatic carbocycles. The van der Waals surface area contributed by atoms with Crippen LogP contribution in [0.2, 0.25) is 0 Å². The zero-order valence-corrected chi connectivity index (χ0v) is 13.9. The van der Waals surface area contributed by atoms with Gasteiger partial charge in [0.2, 0.25) is 11.7 Å². The average molecular weight is 378 g/mol. The summed E-state index contributed by atoms with van der Waals surface area (Å²) < 4.78 is 12.4. The van der Waals surface area contributed by atoms with Crippen molar-refractivity contribution in [3.05, 3.63) is 51.9 Å². The lowest BCUT2D eigenvalue weighted by atomic mass is 9.96. The van der Waals surface area contributed by atoms with Crippen LogP contribution in [0.4, 0.5) is 0 Å². The van der Waals surface area contributed by atoms with Gasteiger partial charge in [0.1, 0.15) is 0 Å². The first-order chi connectivity index (χ1) is 10.8. The van der Waals surface area contributed by atoms with Crippen LogP contribution < -0.4 is 0 Å². The number of aromatic nitrogens is 3. The van der Waals surface area contributed by atoms with Crippen LogP contribution in [0.5, 0.6) is 0 Å². The Morgan fingerprint density at radius 1 is 1.27 bits per heavy atom. The van der Waals surface area contributed by atoms with Gasteiger partial charge in [0, 0.05) is 19.0 Å². The molecular formula is C15H12BrN3O2S. The van der Waals surface area contributed by atoms with Gasteiger partial charge in [-0.1, -0.05) is 11.2 Å². The van der Waals surface area contributed by atoms with Crippen LogP contribution in [0.1, 0.15) is 29.9 Å². The molecule has 0 N–H and O–H groups in total. The van der Waals surface area contributed by atoms with Gasteiger partial charge in [-0.05, 0) is 46.1 Å². The van der Waals surface area contributed by atoms with Crippen LogP contribution in [0.3, 0.4) is 0 Å². The highest BCUT2D eigenvalue weighted by Gasteiger charge is 2.35. The van der Waals surface area contributed by atoms with Crippen molar-refractivity contribution < 1.29 is 9.26 Å². The lowest BCUT2D eigenvalue weighted by molar-refractivity contribution is 0.0984. The molecule has 0 bridgehead atoms. The van der Waals surface area contributed by atoms with E-state index < -0.39 is 0 Å². The zero-order chi connectivity index (χ0) is 14.9. The molecule has 0 saturated carbocycles. The summed E-state index contributed by atoms with van der Waals surface area (Å²) in [6.45, 7) is 0.687. The highest BCUT2D eigenvalue weighted by Crippen LogP contribution is 2.41. The average Bonchev–Trinajstić information content (AvgIpc) is 3.27. The van der Waals surface area contributed by atoms with E-state index in [9.17, 15) is 0 Å². The van der Waals surface area contributed by atoms with Gasteiger partial charge in [-0.25, -0.2) is 0 Å². The second-order valence-corrected chi connectivity index (χ2v) is 7.50. The molecular weight excluding hydrogens is 366 g/mol. The minimum atomic E-state index is -0.0722. The van der Waals surface area contributed by atoms with Crippen LogP contribution in [0.25, 0.3) is 10.7 Å². The van der Waals surface area contributed by atoms with Gasteiger partial charge < -0.3 is 9.26 Å². The molecule has 2 atom stereocenters. The molecule has 0 aliphatic carbocycles. The van der Waals surface area contributed by atoms with E-state index in [0.29, 0.717) is 18.3 Å². The smallest absolute Gasteiger partial charge is 0.233 e. The van der Waals surface area contributed by atoms with Gasteiger partial charge in [-0.2, -0.15) is 4.98 Å². The number of thiophene rings is 1. The lowest BCUT2D eigenvalue weighted by Gasteiger charge is -2.14. The largest absolute Gasteiger partial charge is 0.373 e. The molecule has 3 aromatic heterocycles. The van der Waals surface area contributed by atoms with E-state index in [1.165, 1.54) is 0 Å². The summed E-state index contributed by atoms with van der Waals surface area (Å²) in [7, 11) is 0. The summed E-state index contributed by atoms with van der Waals surface area (Å²) in [4.78, 5) is 9.71. The van der Waals surface area contributed by atoms with Gasteiger partial charge in [-0.15, -0.1) is 11.3 Å². The highest BCUT2D eigenvalue weighted by molar-refractivity contribution is 9.11. The van der Waals surface area contributed by atoms with Crippen molar-refractivity contribution in [2.75, 3.05) is 6.61 Å². The quantitative estimate of drug-likeness (QED) is 0.684. The first-order valence-electron chi connectivity index (χ1n) is 6.92. The molecule has 1 fully saturated rings. The van der Waals surface area contributed by atoms with Gasteiger partial charge in [0.05, 0.1) is 20.7 Å². The van der Waals surface area contributed by atoms with Crippen molar-refractivity contribution in [1.82, 2.24) is 15.1 Å². The monoisotopic (exact) mass is 377 g/mol.